The number of ether oxygens (including phenoxy) is 3. The molecular weight excluding hydrogens is 210 g/mol. The molecule has 0 aromatic carbocycles. The minimum absolute atomic E-state index is 0.0579. The van der Waals surface area contributed by atoms with Gasteiger partial charge in [-0.15, -0.1) is 0 Å². The molecule has 0 saturated carbocycles. The molecule has 16 heavy (non-hydrogen) atoms. The first-order valence-corrected chi connectivity index (χ1v) is 4.88. The Hall–Kier alpha value is -1.62. The molecule has 1 aliphatic heterocycles. The maximum atomic E-state index is 11.4. The molecule has 1 aliphatic rings. The van der Waals surface area contributed by atoms with Crippen LogP contribution in [-0.2, 0) is 14.2 Å². The summed E-state index contributed by atoms with van der Waals surface area (Å²) in [6.45, 7) is 9.47. The predicted molar refractivity (Wildman–Crippen MR) is 59.2 cm³/mol. The maximum Gasteiger partial charge on any atom is 0.515 e. The van der Waals surface area contributed by atoms with Crippen molar-refractivity contribution >= 4 is 12.9 Å². The second kappa shape index (κ2) is 5.46. The minimum Gasteiger partial charge on any atom is -0.425 e. The molecule has 5 heteroatoms. The van der Waals surface area contributed by atoms with Crippen LogP contribution in [0.1, 0.15) is 13.3 Å². The fourth-order valence-corrected chi connectivity index (χ4v) is 1.26. The van der Waals surface area contributed by atoms with E-state index in [-0.39, 0.29) is 5.88 Å². The van der Waals surface area contributed by atoms with Crippen LogP contribution in [-0.4, -0.2) is 31.7 Å². The average molecular weight is 225 g/mol. The normalized spacial score (nSPS) is 24.9. The highest BCUT2D eigenvalue weighted by Gasteiger charge is 2.34. The molecule has 1 unspecified atom stereocenters. The molecule has 0 spiro atoms. The van der Waals surface area contributed by atoms with Crippen LogP contribution in [0, 0.1) is 0 Å². The van der Waals surface area contributed by atoms with Gasteiger partial charge in [-0.25, -0.2) is 9.79 Å². The summed E-state index contributed by atoms with van der Waals surface area (Å²) in [6.07, 6.45) is 2.71. The SMILES string of the molecule is C=C/C=C(\N=C)OC(=O)OC1(C)CCOC1. The van der Waals surface area contributed by atoms with Crippen LogP contribution >= 0.6 is 0 Å². The van der Waals surface area contributed by atoms with Crippen molar-refractivity contribution in [2.45, 2.75) is 18.9 Å². The summed E-state index contributed by atoms with van der Waals surface area (Å²) in [6, 6.07) is 0. The Labute approximate surface area is 94.4 Å². The molecule has 0 amide bonds. The molecule has 0 aromatic heterocycles. The Bertz CT molecular complexity index is 316. The topological polar surface area (TPSA) is 57.1 Å². The van der Waals surface area contributed by atoms with Crippen LogP contribution in [0.5, 0.6) is 0 Å². The van der Waals surface area contributed by atoms with Gasteiger partial charge in [0.2, 0.25) is 5.88 Å². The van der Waals surface area contributed by atoms with Crippen LogP contribution in [0.15, 0.2) is 29.6 Å². The lowest BCUT2D eigenvalue weighted by molar-refractivity contribution is -0.0189. The lowest BCUT2D eigenvalue weighted by Gasteiger charge is -2.21. The van der Waals surface area contributed by atoms with Crippen LogP contribution in [0.2, 0.25) is 0 Å². The van der Waals surface area contributed by atoms with E-state index >= 15 is 0 Å². The van der Waals surface area contributed by atoms with Gasteiger partial charge in [-0.2, -0.15) is 0 Å². The minimum atomic E-state index is -0.812. The van der Waals surface area contributed by atoms with E-state index in [4.69, 9.17) is 14.2 Å². The fraction of sp³-hybridized carbons (Fsp3) is 0.455. The van der Waals surface area contributed by atoms with Crippen LogP contribution < -0.4 is 0 Å². The molecule has 0 radical (unpaired) electrons. The van der Waals surface area contributed by atoms with Crippen molar-refractivity contribution in [3.63, 3.8) is 0 Å². The highest BCUT2D eigenvalue weighted by atomic mass is 16.7. The lowest BCUT2D eigenvalue weighted by atomic mass is 10.1. The van der Waals surface area contributed by atoms with Crippen LogP contribution in [0.25, 0.3) is 0 Å². The van der Waals surface area contributed by atoms with E-state index in [0.29, 0.717) is 19.6 Å². The number of allylic oxidation sites excluding steroid dienone is 2. The van der Waals surface area contributed by atoms with Gasteiger partial charge < -0.3 is 14.2 Å². The van der Waals surface area contributed by atoms with Gasteiger partial charge in [0.05, 0.1) is 13.2 Å². The summed E-state index contributed by atoms with van der Waals surface area (Å²) < 4.78 is 15.1. The van der Waals surface area contributed by atoms with E-state index < -0.39 is 11.8 Å². The Morgan fingerprint density at radius 3 is 2.88 bits per heavy atom. The van der Waals surface area contributed by atoms with Gasteiger partial charge in [-0.05, 0) is 13.6 Å². The van der Waals surface area contributed by atoms with E-state index in [2.05, 4.69) is 18.3 Å². The number of hydrogen-bond acceptors (Lipinski definition) is 5. The Kier molecular flexibility index (Phi) is 4.25. The van der Waals surface area contributed by atoms with Gasteiger partial charge in [-0.1, -0.05) is 12.7 Å². The van der Waals surface area contributed by atoms with Crippen LogP contribution in [0.3, 0.4) is 0 Å². The van der Waals surface area contributed by atoms with Gasteiger partial charge in [0.15, 0.2) is 0 Å². The summed E-state index contributed by atoms with van der Waals surface area (Å²) in [4.78, 5) is 14.9. The lowest BCUT2D eigenvalue weighted by Crippen LogP contribution is -2.32. The Morgan fingerprint density at radius 2 is 2.38 bits per heavy atom. The smallest absolute Gasteiger partial charge is 0.425 e. The third-order valence-electron chi connectivity index (χ3n) is 2.12. The number of rotatable bonds is 4. The largest absolute Gasteiger partial charge is 0.515 e. The molecular formula is C11H15NO4. The van der Waals surface area contributed by atoms with Gasteiger partial charge in [-0.3, -0.25) is 0 Å². The first-order chi connectivity index (χ1) is 7.59. The summed E-state index contributed by atoms with van der Waals surface area (Å²) in [7, 11) is 0. The molecule has 1 rings (SSSR count). The second-order valence-corrected chi connectivity index (χ2v) is 3.61. The van der Waals surface area contributed by atoms with E-state index in [9.17, 15) is 4.79 Å². The molecule has 0 aromatic rings. The Morgan fingerprint density at radius 1 is 1.62 bits per heavy atom. The number of aliphatic imine (C=N–C) groups is 1. The van der Waals surface area contributed by atoms with E-state index in [1.54, 1.807) is 6.92 Å². The maximum absolute atomic E-state index is 11.4. The van der Waals surface area contributed by atoms with Crippen molar-refractivity contribution in [2.75, 3.05) is 13.2 Å². The van der Waals surface area contributed by atoms with Gasteiger partial charge in [0, 0.05) is 12.5 Å². The molecule has 88 valence electrons. The second-order valence-electron chi connectivity index (χ2n) is 3.61. The zero-order chi connectivity index (χ0) is 12.0. The first-order valence-electron chi connectivity index (χ1n) is 4.88. The molecule has 1 saturated heterocycles. The molecule has 0 bridgehead atoms. The molecule has 1 fully saturated rings. The monoisotopic (exact) mass is 225 g/mol. The van der Waals surface area contributed by atoms with Crippen molar-refractivity contribution in [3.8, 4) is 0 Å². The van der Waals surface area contributed by atoms with Crippen molar-refractivity contribution in [3.05, 3.63) is 24.6 Å². The average Bonchev–Trinajstić information content (AvgIpc) is 2.63. The number of hydrogen-bond donors (Lipinski definition) is 0. The molecule has 1 heterocycles. The molecule has 5 nitrogen and oxygen atoms in total. The predicted octanol–water partition coefficient (Wildman–Crippen LogP) is 2.05. The van der Waals surface area contributed by atoms with Gasteiger partial charge in [0.1, 0.15) is 5.60 Å². The Balaban J connectivity index is 2.49. The van der Waals surface area contributed by atoms with Gasteiger partial charge >= 0.3 is 6.16 Å². The first kappa shape index (κ1) is 12.4. The third kappa shape index (κ3) is 3.51. The van der Waals surface area contributed by atoms with Crippen molar-refractivity contribution in [2.24, 2.45) is 4.99 Å². The highest BCUT2D eigenvalue weighted by molar-refractivity contribution is 5.62. The highest BCUT2D eigenvalue weighted by Crippen LogP contribution is 2.23. The molecule has 1 atom stereocenters. The molecule has 0 N–H and O–H groups in total. The summed E-state index contributed by atoms with van der Waals surface area (Å²) in [5.41, 5.74) is -0.614. The molecule has 0 aliphatic carbocycles. The van der Waals surface area contributed by atoms with Gasteiger partial charge in [0.25, 0.3) is 0 Å². The third-order valence-corrected chi connectivity index (χ3v) is 2.12. The van der Waals surface area contributed by atoms with E-state index in [1.807, 2.05) is 0 Å². The quantitative estimate of drug-likeness (QED) is 0.318. The summed E-state index contributed by atoms with van der Waals surface area (Å²) in [5.74, 6) is 0.0579. The van der Waals surface area contributed by atoms with E-state index in [1.165, 1.54) is 12.2 Å². The standard InChI is InChI=1S/C11H15NO4/c1-4-5-9(12-3)15-10(13)16-11(2)6-7-14-8-11/h4-5H,1,3,6-8H2,2H3/b9-5+. The summed E-state index contributed by atoms with van der Waals surface area (Å²) in [5, 5.41) is 0. The summed E-state index contributed by atoms with van der Waals surface area (Å²) >= 11 is 0. The number of carbonyl (C=O) groups is 1. The zero-order valence-electron chi connectivity index (χ0n) is 9.27. The van der Waals surface area contributed by atoms with Crippen molar-refractivity contribution < 1.29 is 19.0 Å². The van der Waals surface area contributed by atoms with E-state index in [0.717, 1.165) is 0 Å². The van der Waals surface area contributed by atoms with Crippen molar-refractivity contribution in [1.29, 1.82) is 0 Å². The zero-order valence-corrected chi connectivity index (χ0v) is 9.27. The van der Waals surface area contributed by atoms with Crippen LogP contribution in [0.4, 0.5) is 4.79 Å². The number of carbonyl (C=O) groups excluding carboxylic acids is 1. The van der Waals surface area contributed by atoms with Crippen molar-refractivity contribution in [1.82, 2.24) is 0 Å². The number of nitrogens with zero attached hydrogens (tertiary/aromatic N) is 1. The fourth-order valence-electron chi connectivity index (χ4n) is 1.26.